The first-order valence-corrected chi connectivity index (χ1v) is 11.0. The van der Waals surface area contributed by atoms with Gasteiger partial charge in [0.1, 0.15) is 11.2 Å². The van der Waals surface area contributed by atoms with Gasteiger partial charge in [-0.25, -0.2) is 18.4 Å². The number of hydrogen-bond acceptors (Lipinski definition) is 6. The third-order valence-corrected chi connectivity index (χ3v) is 6.43. The van der Waals surface area contributed by atoms with Crippen LogP contribution in [-0.2, 0) is 22.7 Å². The SMILES string of the molecule is CCS(=O)(=O)c1ccc(CCc2nc3cnc(Cl)nc3n(C(C)C)c2=O)cc1. The summed E-state index contributed by atoms with van der Waals surface area (Å²) in [5.41, 5.74) is 2.06. The largest absolute Gasteiger partial charge is 0.287 e. The molecule has 9 heteroatoms. The van der Waals surface area contributed by atoms with Gasteiger partial charge in [0.2, 0.25) is 5.28 Å². The highest BCUT2D eigenvalue weighted by molar-refractivity contribution is 7.91. The highest BCUT2D eigenvalue weighted by Crippen LogP contribution is 2.16. The third kappa shape index (κ3) is 4.07. The van der Waals surface area contributed by atoms with E-state index in [-0.39, 0.29) is 22.6 Å². The van der Waals surface area contributed by atoms with Crippen molar-refractivity contribution < 1.29 is 8.42 Å². The molecule has 28 heavy (non-hydrogen) atoms. The van der Waals surface area contributed by atoms with Gasteiger partial charge in [0.25, 0.3) is 5.56 Å². The van der Waals surface area contributed by atoms with Crippen LogP contribution in [0.15, 0.2) is 40.2 Å². The number of rotatable bonds is 6. The van der Waals surface area contributed by atoms with Crippen molar-refractivity contribution in [3.63, 3.8) is 0 Å². The fourth-order valence-electron chi connectivity index (χ4n) is 2.97. The summed E-state index contributed by atoms with van der Waals surface area (Å²) >= 11 is 5.88. The molecule has 7 nitrogen and oxygen atoms in total. The first kappa shape index (κ1) is 20.4. The molecule has 0 radical (unpaired) electrons. The minimum atomic E-state index is -3.22. The van der Waals surface area contributed by atoms with Gasteiger partial charge in [0, 0.05) is 6.04 Å². The van der Waals surface area contributed by atoms with E-state index in [4.69, 9.17) is 11.6 Å². The smallest absolute Gasteiger partial charge is 0.274 e. The van der Waals surface area contributed by atoms with Gasteiger partial charge in [0.15, 0.2) is 15.5 Å². The molecule has 0 aliphatic rings. The number of hydrogen-bond donors (Lipinski definition) is 0. The number of sulfone groups is 1. The number of aryl methyl sites for hydroxylation is 2. The maximum absolute atomic E-state index is 12.9. The molecule has 148 valence electrons. The Labute approximate surface area is 168 Å². The Hall–Kier alpha value is -2.32. The monoisotopic (exact) mass is 420 g/mol. The minimum absolute atomic E-state index is 0.0637. The molecule has 2 heterocycles. The maximum Gasteiger partial charge on any atom is 0.274 e. The van der Waals surface area contributed by atoms with Crippen molar-refractivity contribution in [3.8, 4) is 0 Å². The van der Waals surface area contributed by atoms with Crippen molar-refractivity contribution in [2.45, 2.75) is 44.6 Å². The highest BCUT2D eigenvalue weighted by atomic mass is 35.5. The molecule has 0 fully saturated rings. The zero-order valence-electron chi connectivity index (χ0n) is 15.9. The van der Waals surface area contributed by atoms with E-state index < -0.39 is 9.84 Å². The number of nitrogens with zero attached hydrogens (tertiary/aromatic N) is 4. The number of aromatic nitrogens is 4. The van der Waals surface area contributed by atoms with E-state index in [1.807, 2.05) is 13.8 Å². The summed E-state index contributed by atoms with van der Waals surface area (Å²) < 4.78 is 25.4. The van der Waals surface area contributed by atoms with Gasteiger partial charge in [-0.1, -0.05) is 19.1 Å². The fraction of sp³-hybridized carbons (Fsp3) is 0.368. The number of halogens is 1. The van der Waals surface area contributed by atoms with Crippen molar-refractivity contribution in [2.24, 2.45) is 0 Å². The molecule has 2 aromatic heterocycles. The van der Waals surface area contributed by atoms with Crippen molar-refractivity contribution in [2.75, 3.05) is 5.75 Å². The van der Waals surface area contributed by atoms with E-state index in [2.05, 4.69) is 15.0 Å². The van der Waals surface area contributed by atoms with Crippen LogP contribution < -0.4 is 5.56 Å². The first-order valence-electron chi connectivity index (χ1n) is 8.98. The summed E-state index contributed by atoms with van der Waals surface area (Å²) in [6, 6.07) is 6.64. The van der Waals surface area contributed by atoms with Gasteiger partial charge in [0.05, 0.1) is 16.8 Å². The molecule has 0 unspecified atom stereocenters. The van der Waals surface area contributed by atoms with Crippen LogP contribution >= 0.6 is 11.6 Å². The van der Waals surface area contributed by atoms with Gasteiger partial charge in [-0.15, -0.1) is 0 Å². The third-order valence-electron chi connectivity index (χ3n) is 4.50. The van der Waals surface area contributed by atoms with Crippen LogP contribution in [0, 0.1) is 0 Å². The Morgan fingerprint density at radius 2 is 1.79 bits per heavy atom. The predicted molar refractivity (Wildman–Crippen MR) is 109 cm³/mol. The Morgan fingerprint density at radius 1 is 1.11 bits per heavy atom. The van der Waals surface area contributed by atoms with E-state index in [0.29, 0.717) is 34.6 Å². The highest BCUT2D eigenvalue weighted by Gasteiger charge is 2.16. The fourth-order valence-corrected chi connectivity index (χ4v) is 3.98. The number of fused-ring (bicyclic) bond motifs is 1. The predicted octanol–water partition coefficient (Wildman–Crippen LogP) is 3.00. The lowest BCUT2D eigenvalue weighted by atomic mass is 10.1. The van der Waals surface area contributed by atoms with Crippen molar-refractivity contribution >= 4 is 32.6 Å². The second-order valence-electron chi connectivity index (χ2n) is 6.72. The molecule has 1 aromatic carbocycles. The lowest BCUT2D eigenvalue weighted by Gasteiger charge is -2.14. The van der Waals surface area contributed by atoms with Crippen LogP contribution in [0.2, 0.25) is 5.28 Å². The average Bonchev–Trinajstić information content (AvgIpc) is 2.66. The summed E-state index contributed by atoms with van der Waals surface area (Å²) in [7, 11) is -3.22. The van der Waals surface area contributed by atoms with E-state index in [9.17, 15) is 13.2 Å². The topological polar surface area (TPSA) is 94.8 Å². The van der Waals surface area contributed by atoms with Crippen molar-refractivity contribution in [3.05, 3.63) is 57.4 Å². The molecule has 0 aliphatic heterocycles. The molecular weight excluding hydrogens is 400 g/mol. The summed E-state index contributed by atoms with van der Waals surface area (Å²) in [4.78, 5) is 25.7. The van der Waals surface area contributed by atoms with Crippen molar-refractivity contribution in [1.29, 1.82) is 0 Å². The second kappa shape index (κ2) is 7.97. The molecule has 3 rings (SSSR count). The Bertz CT molecular complexity index is 1170. The molecule has 0 saturated carbocycles. The number of benzene rings is 1. The van der Waals surface area contributed by atoms with Gasteiger partial charge in [-0.3, -0.25) is 9.36 Å². The standard InChI is InChI=1S/C19H21ClN4O3S/c1-4-28(26,27)14-8-5-13(6-9-14)7-10-15-18(25)24(12(2)3)17-16(22-15)11-21-19(20)23-17/h5-6,8-9,11-12H,4,7,10H2,1-3H3. The molecule has 0 atom stereocenters. The molecule has 0 amide bonds. The Balaban J connectivity index is 1.92. The van der Waals surface area contributed by atoms with Crippen LogP contribution in [0.3, 0.4) is 0 Å². The van der Waals surface area contributed by atoms with Gasteiger partial charge in [-0.2, -0.15) is 4.98 Å². The summed E-state index contributed by atoms with van der Waals surface area (Å²) in [6.07, 6.45) is 2.49. The van der Waals surface area contributed by atoms with Crippen LogP contribution in [0.4, 0.5) is 0 Å². The molecule has 3 aromatic rings. The Morgan fingerprint density at radius 3 is 2.39 bits per heavy atom. The normalized spacial score (nSPS) is 12.0. The summed E-state index contributed by atoms with van der Waals surface area (Å²) in [5.74, 6) is 0.0637. The van der Waals surface area contributed by atoms with E-state index in [1.54, 1.807) is 35.8 Å². The molecule has 0 saturated heterocycles. The van der Waals surface area contributed by atoms with Gasteiger partial charge in [-0.05, 0) is 56.0 Å². The minimum Gasteiger partial charge on any atom is -0.287 e. The average molecular weight is 421 g/mol. The lowest BCUT2D eigenvalue weighted by molar-refractivity contribution is 0.584. The van der Waals surface area contributed by atoms with Crippen LogP contribution in [0.1, 0.15) is 38.1 Å². The van der Waals surface area contributed by atoms with Crippen molar-refractivity contribution in [1.82, 2.24) is 19.5 Å². The van der Waals surface area contributed by atoms with E-state index in [1.165, 1.54) is 6.20 Å². The first-order chi connectivity index (χ1) is 13.2. The second-order valence-corrected chi connectivity index (χ2v) is 9.34. The maximum atomic E-state index is 12.9. The van der Waals surface area contributed by atoms with Gasteiger partial charge < -0.3 is 0 Å². The lowest BCUT2D eigenvalue weighted by Crippen LogP contribution is -2.28. The molecule has 0 spiro atoms. The van der Waals surface area contributed by atoms with Crippen LogP contribution in [0.25, 0.3) is 11.2 Å². The summed E-state index contributed by atoms with van der Waals surface area (Å²) in [5, 5.41) is 0.0676. The molecule has 0 aliphatic carbocycles. The van der Waals surface area contributed by atoms with Gasteiger partial charge >= 0.3 is 0 Å². The van der Waals surface area contributed by atoms with Crippen LogP contribution in [0.5, 0.6) is 0 Å². The quantitative estimate of drug-likeness (QED) is 0.569. The van der Waals surface area contributed by atoms with Crippen LogP contribution in [-0.4, -0.2) is 33.7 Å². The van der Waals surface area contributed by atoms with E-state index >= 15 is 0 Å². The molecule has 0 N–H and O–H groups in total. The summed E-state index contributed by atoms with van der Waals surface area (Å²) in [6.45, 7) is 5.41. The zero-order chi connectivity index (χ0) is 20.5. The Kier molecular flexibility index (Phi) is 5.81. The molecular formula is C19H21ClN4O3S. The zero-order valence-corrected chi connectivity index (χ0v) is 17.5. The van der Waals surface area contributed by atoms with E-state index in [0.717, 1.165) is 5.56 Å². The molecule has 0 bridgehead atoms.